The number of aromatic nitrogens is 3. The first kappa shape index (κ1) is 19.9. The smallest absolute Gasteiger partial charge is 0.254 e. The second-order valence-electron chi connectivity index (χ2n) is 7.73. The number of rotatable bonds is 5. The minimum atomic E-state index is -0.326. The summed E-state index contributed by atoms with van der Waals surface area (Å²) in [6, 6.07) is 22.8. The van der Waals surface area contributed by atoms with Crippen LogP contribution in [-0.2, 0) is 0 Å². The Bertz CT molecular complexity index is 1220. The molecule has 1 amide bonds. The van der Waals surface area contributed by atoms with Gasteiger partial charge in [0, 0.05) is 24.2 Å². The van der Waals surface area contributed by atoms with Crippen LogP contribution in [0.15, 0.2) is 85.1 Å². The molecule has 5 rings (SSSR count). The van der Waals surface area contributed by atoms with Crippen LogP contribution in [0.5, 0.6) is 11.5 Å². The number of ether oxygens (including phenoxy) is 1. The van der Waals surface area contributed by atoms with E-state index in [1.165, 1.54) is 12.1 Å². The van der Waals surface area contributed by atoms with E-state index in [1.54, 1.807) is 36.4 Å². The van der Waals surface area contributed by atoms with E-state index in [4.69, 9.17) is 4.74 Å². The molecule has 1 atom stereocenters. The van der Waals surface area contributed by atoms with Gasteiger partial charge in [0.1, 0.15) is 23.0 Å². The molecular formula is C25H21FN4O2. The van der Waals surface area contributed by atoms with Crippen molar-refractivity contribution < 1.29 is 13.9 Å². The standard InChI is InChI=1S/C25H21FN4O2/c26-20-9-11-22(12-10-20)32-23-8-4-7-19(15-23)25(31)29-14-13-21(16-29)30-17-24(27-28-30)18-5-2-1-3-6-18/h1-12,15,17,21H,13-14,16H2. The lowest BCUT2D eigenvalue weighted by molar-refractivity contribution is 0.0786. The number of amides is 1. The van der Waals surface area contributed by atoms with Crippen LogP contribution in [0.25, 0.3) is 11.3 Å². The largest absolute Gasteiger partial charge is 0.457 e. The first-order chi connectivity index (χ1) is 15.7. The van der Waals surface area contributed by atoms with Crippen LogP contribution in [0, 0.1) is 5.82 Å². The number of halogens is 1. The third-order valence-corrected chi connectivity index (χ3v) is 5.53. The molecule has 7 heteroatoms. The van der Waals surface area contributed by atoms with Crippen LogP contribution < -0.4 is 4.74 Å². The van der Waals surface area contributed by atoms with Crippen molar-refractivity contribution in [3.8, 4) is 22.8 Å². The first-order valence-corrected chi connectivity index (χ1v) is 10.5. The molecule has 0 N–H and O–H groups in total. The van der Waals surface area contributed by atoms with E-state index in [-0.39, 0.29) is 17.8 Å². The van der Waals surface area contributed by atoms with Crippen LogP contribution in [0.2, 0.25) is 0 Å². The van der Waals surface area contributed by atoms with Gasteiger partial charge in [-0.3, -0.25) is 4.79 Å². The molecule has 1 aromatic heterocycles. The summed E-state index contributed by atoms with van der Waals surface area (Å²) in [5.41, 5.74) is 2.39. The maximum atomic E-state index is 13.1. The lowest BCUT2D eigenvalue weighted by atomic mass is 10.2. The van der Waals surface area contributed by atoms with Crippen molar-refractivity contribution in [3.63, 3.8) is 0 Å². The molecule has 4 aromatic rings. The van der Waals surface area contributed by atoms with Gasteiger partial charge in [-0.1, -0.05) is 41.6 Å². The molecule has 1 fully saturated rings. The third kappa shape index (κ3) is 4.23. The Labute approximate surface area is 184 Å². The molecule has 0 bridgehead atoms. The van der Waals surface area contributed by atoms with Crippen molar-refractivity contribution in [1.29, 1.82) is 0 Å². The lowest BCUT2D eigenvalue weighted by Crippen LogP contribution is -2.29. The van der Waals surface area contributed by atoms with Crippen molar-refractivity contribution >= 4 is 5.91 Å². The van der Waals surface area contributed by atoms with Gasteiger partial charge in [-0.05, 0) is 48.9 Å². The third-order valence-electron chi connectivity index (χ3n) is 5.53. The maximum Gasteiger partial charge on any atom is 0.254 e. The average Bonchev–Trinajstić information content (AvgIpc) is 3.51. The van der Waals surface area contributed by atoms with Crippen LogP contribution in [0.3, 0.4) is 0 Å². The summed E-state index contributed by atoms with van der Waals surface area (Å²) in [5, 5.41) is 8.58. The topological polar surface area (TPSA) is 60.2 Å². The minimum Gasteiger partial charge on any atom is -0.457 e. The number of likely N-dealkylation sites (tertiary alicyclic amines) is 1. The first-order valence-electron chi connectivity index (χ1n) is 10.5. The molecule has 1 aliphatic rings. The summed E-state index contributed by atoms with van der Waals surface area (Å²) >= 11 is 0. The lowest BCUT2D eigenvalue weighted by Gasteiger charge is -2.17. The van der Waals surface area contributed by atoms with Gasteiger partial charge in [-0.2, -0.15) is 0 Å². The van der Waals surface area contributed by atoms with E-state index in [2.05, 4.69) is 10.3 Å². The molecule has 0 saturated carbocycles. The van der Waals surface area contributed by atoms with E-state index in [0.29, 0.717) is 30.2 Å². The zero-order valence-electron chi connectivity index (χ0n) is 17.3. The van der Waals surface area contributed by atoms with Gasteiger partial charge >= 0.3 is 0 Å². The molecule has 2 heterocycles. The van der Waals surface area contributed by atoms with Gasteiger partial charge in [0.05, 0.1) is 12.2 Å². The van der Waals surface area contributed by atoms with E-state index in [0.717, 1.165) is 17.7 Å². The molecule has 0 radical (unpaired) electrons. The molecular weight excluding hydrogens is 407 g/mol. The number of hydrogen-bond acceptors (Lipinski definition) is 4. The molecule has 6 nitrogen and oxygen atoms in total. The minimum absolute atomic E-state index is 0.0551. The Morgan fingerprint density at radius 2 is 1.78 bits per heavy atom. The van der Waals surface area contributed by atoms with Crippen LogP contribution in [0.1, 0.15) is 22.8 Å². The predicted octanol–water partition coefficient (Wildman–Crippen LogP) is 4.96. The van der Waals surface area contributed by atoms with E-state index in [1.807, 2.05) is 46.1 Å². The zero-order valence-corrected chi connectivity index (χ0v) is 17.3. The summed E-state index contributed by atoms with van der Waals surface area (Å²) in [7, 11) is 0. The van der Waals surface area contributed by atoms with E-state index in [9.17, 15) is 9.18 Å². The number of hydrogen-bond donors (Lipinski definition) is 0. The number of nitrogens with zero attached hydrogens (tertiary/aromatic N) is 4. The molecule has 3 aromatic carbocycles. The molecule has 0 aliphatic carbocycles. The van der Waals surface area contributed by atoms with Gasteiger partial charge in [0.2, 0.25) is 0 Å². The summed E-state index contributed by atoms with van der Waals surface area (Å²) < 4.78 is 20.7. The van der Waals surface area contributed by atoms with Crippen molar-refractivity contribution in [2.45, 2.75) is 12.5 Å². The number of carbonyl (C=O) groups is 1. The molecule has 1 unspecified atom stereocenters. The highest BCUT2D eigenvalue weighted by molar-refractivity contribution is 5.94. The van der Waals surface area contributed by atoms with Gasteiger partial charge in [-0.25, -0.2) is 9.07 Å². The highest BCUT2D eigenvalue weighted by atomic mass is 19.1. The van der Waals surface area contributed by atoms with Crippen LogP contribution in [0.4, 0.5) is 4.39 Å². The van der Waals surface area contributed by atoms with Gasteiger partial charge in [0.25, 0.3) is 5.91 Å². The Balaban J connectivity index is 1.26. The fourth-order valence-electron chi connectivity index (χ4n) is 3.85. The fraction of sp³-hybridized carbons (Fsp3) is 0.160. The highest BCUT2D eigenvalue weighted by Gasteiger charge is 2.29. The quantitative estimate of drug-likeness (QED) is 0.451. The van der Waals surface area contributed by atoms with Crippen molar-refractivity contribution in [2.24, 2.45) is 0 Å². The molecule has 1 saturated heterocycles. The molecule has 32 heavy (non-hydrogen) atoms. The average molecular weight is 428 g/mol. The van der Waals surface area contributed by atoms with Gasteiger partial charge in [-0.15, -0.1) is 5.10 Å². The Kier molecular flexibility index (Phi) is 5.37. The summed E-state index contributed by atoms with van der Waals surface area (Å²) in [6.45, 7) is 1.21. The van der Waals surface area contributed by atoms with Gasteiger partial charge in [0.15, 0.2) is 0 Å². The second-order valence-corrected chi connectivity index (χ2v) is 7.73. The monoisotopic (exact) mass is 428 g/mol. The molecule has 0 spiro atoms. The Morgan fingerprint density at radius 1 is 0.969 bits per heavy atom. The Morgan fingerprint density at radius 3 is 2.59 bits per heavy atom. The fourth-order valence-corrected chi connectivity index (χ4v) is 3.85. The summed E-state index contributed by atoms with van der Waals surface area (Å²) in [4.78, 5) is 14.9. The normalized spacial score (nSPS) is 15.7. The van der Waals surface area contributed by atoms with Gasteiger partial charge < -0.3 is 9.64 Å². The maximum absolute atomic E-state index is 13.1. The predicted molar refractivity (Wildman–Crippen MR) is 118 cm³/mol. The Hall–Kier alpha value is -4.00. The zero-order chi connectivity index (χ0) is 21.9. The van der Waals surface area contributed by atoms with Crippen LogP contribution in [-0.4, -0.2) is 38.9 Å². The number of benzene rings is 3. The molecule has 1 aliphatic heterocycles. The summed E-state index contributed by atoms with van der Waals surface area (Å²) in [5.74, 6) is 0.660. The highest BCUT2D eigenvalue weighted by Crippen LogP contribution is 2.27. The molecule has 160 valence electrons. The van der Waals surface area contributed by atoms with Crippen molar-refractivity contribution in [1.82, 2.24) is 19.9 Å². The SMILES string of the molecule is O=C(c1cccc(Oc2ccc(F)cc2)c1)N1CCC(n2cc(-c3ccccc3)nn2)C1. The van der Waals surface area contributed by atoms with E-state index >= 15 is 0 Å². The number of carbonyl (C=O) groups excluding carboxylic acids is 1. The van der Waals surface area contributed by atoms with E-state index < -0.39 is 0 Å². The van der Waals surface area contributed by atoms with Crippen molar-refractivity contribution in [3.05, 3.63) is 96.4 Å². The van der Waals surface area contributed by atoms with Crippen LogP contribution >= 0.6 is 0 Å². The second kappa shape index (κ2) is 8.63. The van der Waals surface area contributed by atoms with Crippen molar-refractivity contribution in [2.75, 3.05) is 13.1 Å². The summed E-state index contributed by atoms with van der Waals surface area (Å²) in [6.07, 6.45) is 2.75.